The van der Waals surface area contributed by atoms with E-state index in [1.54, 1.807) is 0 Å². The number of rotatable bonds is 5. The molecule has 0 aliphatic carbocycles. The Morgan fingerprint density at radius 1 is 1.37 bits per heavy atom. The highest BCUT2D eigenvalue weighted by Gasteiger charge is 2.15. The summed E-state index contributed by atoms with van der Waals surface area (Å²) in [5.41, 5.74) is 0. The number of hydrogen-bond donors (Lipinski definition) is 2. The largest absolute Gasteiger partial charge is 0.349 e. The summed E-state index contributed by atoms with van der Waals surface area (Å²) in [6, 6.07) is 11.2. The Labute approximate surface area is 116 Å². The molecule has 0 bridgehead atoms. The van der Waals surface area contributed by atoms with Crippen LogP contribution in [0, 0.1) is 0 Å². The summed E-state index contributed by atoms with van der Waals surface area (Å²) in [7, 11) is 0. The molecule has 2 heterocycles. The first-order valence-electron chi connectivity index (χ1n) is 6.57. The van der Waals surface area contributed by atoms with E-state index in [1.807, 2.05) is 23.7 Å². The molecule has 98 valence electrons. The van der Waals surface area contributed by atoms with Gasteiger partial charge in [-0.2, -0.15) is 0 Å². The molecule has 0 saturated carbocycles. The Morgan fingerprint density at radius 2 is 2.26 bits per heavy atom. The average molecular weight is 271 g/mol. The average Bonchev–Trinajstić information content (AvgIpc) is 3.06. The summed E-state index contributed by atoms with van der Waals surface area (Å²) in [5, 5.41) is 4.87. The molecule has 0 aliphatic rings. The monoisotopic (exact) mass is 271 g/mol. The summed E-state index contributed by atoms with van der Waals surface area (Å²) >= 11 is 1.86. The van der Waals surface area contributed by atoms with Gasteiger partial charge in [0.05, 0.1) is 0 Å². The number of nitrogens with one attached hydrogen (secondary N) is 2. The van der Waals surface area contributed by atoms with Crippen molar-refractivity contribution in [3.8, 4) is 0 Å². The molecule has 4 heteroatoms. The quantitative estimate of drug-likeness (QED) is 0.745. The lowest BCUT2D eigenvalue weighted by atomic mass is 10.1. The lowest BCUT2D eigenvalue weighted by molar-refractivity contribution is 0.547. The third-order valence-corrected chi connectivity index (χ3v) is 4.42. The van der Waals surface area contributed by atoms with Crippen molar-refractivity contribution in [2.75, 3.05) is 6.54 Å². The SMILES string of the molecule is CCNC(Cc1ncc[nH]1)c1cc2ccccc2s1. The zero-order chi connectivity index (χ0) is 13.1. The van der Waals surface area contributed by atoms with Crippen LogP contribution in [0.2, 0.25) is 0 Å². The number of nitrogens with zero attached hydrogens (tertiary/aromatic N) is 1. The summed E-state index contributed by atoms with van der Waals surface area (Å²) in [6.07, 6.45) is 4.58. The van der Waals surface area contributed by atoms with Gasteiger partial charge in [0.2, 0.25) is 0 Å². The van der Waals surface area contributed by atoms with Crippen molar-refractivity contribution in [2.45, 2.75) is 19.4 Å². The van der Waals surface area contributed by atoms with E-state index in [2.05, 4.69) is 52.5 Å². The molecule has 19 heavy (non-hydrogen) atoms. The molecule has 0 radical (unpaired) electrons. The van der Waals surface area contributed by atoms with Crippen LogP contribution in [0.5, 0.6) is 0 Å². The molecule has 3 aromatic rings. The molecular weight excluding hydrogens is 254 g/mol. The topological polar surface area (TPSA) is 40.7 Å². The lowest BCUT2D eigenvalue weighted by Gasteiger charge is -2.14. The smallest absolute Gasteiger partial charge is 0.107 e. The minimum atomic E-state index is 0.327. The fourth-order valence-corrected chi connectivity index (χ4v) is 3.44. The van der Waals surface area contributed by atoms with Gasteiger partial charge in [-0.1, -0.05) is 25.1 Å². The van der Waals surface area contributed by atoms with Gasteiger partial charge in [-0.3, -0.25) is 0 Å². The molecule has 2 aromatic heterocycles. The van der Waals surface area contributed by atoms with Gasteiger partial charge in [-0.15, -0.1) is 11.3 Å². The zero-order valence-electron chi connectivity index (χ0n) is 10.9. The highest BCUT2D eigenvalue weighted by Crippen LogP contribution is 2.30. The Kier molecular flexibility index (Phi) is 3.62. The number of aromatic amines is 1. The zero-order valence-corrected chi connectivity index (χ0v) is 11.7. The van der Waals surface area contributed by atoms with Gasteiger partial charge in [0.25, 0.3) is 0 Å². The van der Waals surface area contributed by atoms with Gasteiger partial charge >= 0.3 is 0 Å². The van der Waals surface area contributed by atoms with E-state index in [1.165, 1.54) is 15.0 Å². The van der Waals surface area contributed by atoms with Crippen molar-refractivity contribution in [2.24, 2.45) is 0 Å². The molecular formula is C15H17N3S. The van der Waals surface area contributed by atoms with Crippen LogP contribution in [-0.4, -0.2) is 16.5 Å². The van der Waals surface area contributed by atoms with Crippen LogP contribution in [0.4, 0.5) is 0 Å². The Morgan fingerprint density at radius 3 is 3.00 bits per heavy atom. The van der Waals surface area contributed by atoms with Gasteiger partial charge < -0.3 is 10.3 Å². The van der Waals surface area contributed by atoms with E-state index < -0.39 is 0 Å². The number of likely N-dealkylation sites (N-methyl/N-ethyl adjacent to an activating group) is 1. The number of hydrogen-bond acceptors (Lipinski definition) is 3. The van der Waals surface area contributed by atoms with Crippen LogP contribution < -0.4 is 5.32 Å². The summed E-state index contributed by atoms with van der Waals surface area (Å²) in [6.45, 7) is 3.10. The third-order valence-electron chi connectivity index (χ3n) is 3.19. The predicted molar refractivity (Wildman–Crippen MR) is 80.5 cm³/mol. The molecule has 0 aliphatic heterocycles. The maximum Gasteiger partial charge on any atom is 0.107 e. The predicted octanol–water partition coefficient (Wildman–Crippen LogP) is 3.52. The second-order valence-electron chi connectivity index (χ2n) is 4.54. The number of imidazole rings is 1. The summed E-state index contributed by atoms with van der Waals surface area (Å²) < 4.78 is 1.35. The van der Waals surface area contributed by atoms with E-state index in [9.17, 15) is 0 Å². The van der Waals surface area contributed by atoms with E-state index in [0.717, 1.165) is 18.8 Å². The van der Waals surface area contributed by atoms with Crippen LogP contribution in [0.1, 0.15) is 23.7 Å². The summed E-state index contributed by atoms with van der Waals surface area (Å²) in [4.78, 5) is 8.88. The number of aromatic nitrogens is 2. The maximum atomic E-state index is 4.33. The Hall–Kier alpha value is -1.65. The fraction of sp³-hybridized carbons (Fsp3) is 0.267. The molecule has 0 amide bonds. The molecule has 1 unspecified atom stereocenters. The van der Waals surface area contributed by atoms with Crippen LogP contribution in [0.25, 0.3) is 10.1 Å². The van der Waals surface area contributed by atoms with Crippen LogP contribution in [0.3, 0.4) is 0 Å². The molecule has 1 atom stereocenters. The van der Waals surface area contributed by atoms with Crippen molar-refractivity contribution < 1.29 is 0 Å². The van der Waals surface area contributed by atoms with Crippen molar-refractivity contribution >= 4 is 21.4 Å². The lowest BCUT2D eigenvalue weighted by Crippen LogP contribution is -2.22. The fourth-order valence-electron chi connectivity index (χ4n) is 2.30. The van der Waals surface area contributed by atoms with Gasteiger partial charge in [-0.05, 0) is 24.1 Å². The van der Waals surface area contributed by atoms with E-state index in [4.69, 9.17) is 0 Å². The number of H-pyrrole nitrogens is 1. The first kappa shape index (κ1) is 12.4. The van der Waals surface area contributed by atoms with E-state index >= 15 is 0 Å². The van der Waals surface area contributed by atoms with Crippen molar-refractivity contribution in [3.63, 3.8) is 0 Å². The standard InChI is InChI=1S/C15H17N3S/c1-2-16-12(10-15-17-7-8-18-15)14-9-11-5-3-4-6-13(11)19-14/h3-9,12,16H,2,10H2,1H3,(H,17,18). The first-order valence-corrected chi connectivity index (χ1v) is 7.38. The van der Waals surface area contributed by atoms with Crippen molar-refractivity contribution in [3.05, 3.63) is 53.4 Å². The molecule has 0 spiro atoms. The van der Waals surface area contributed by atoms with Crippen LogP contribution >= 0.6 is 11.3 Å². The number of fused-ring (bicyclic) bond motifs is 1. The second-order valence-corrected chi connectivity index (χ2v) is 5.65. The molecule has 3 nitrogen and oxygen atoms in total. The molecule has 3 rings (SSSR count). The van der Waals surface area contributed by atoms with Gasteiger partial charge in [0, 0.05) is 34.4 Å². The van der Waals surface area contributed by atoms with Crippen LogP contribution in [0.15, 0.2) is 42.7 Å². The molecule has 0 fully saturated rings. The Bertz CT molecular complexity index is 609. The maximum absolute atomic E-state index is 4.33. The van der Waals surface area contributed by atoms with Gasteiger partial charge in [0.1, 0.15) is 5.82 Å². The van der Waals surface area contributed by atoms with Crippen molar-refractivity contribution in [1.29, 1.82) is 0 Å². The van der Waals surface area contributed by atoms with E-state index in [-0.39, 0.29) is 0 Å². The highest BCUT2D eigenvalue weighted by molar-refractivity contribution is 7.19. The first-order chi connectivity index (χ1) is 9.36. The normalized spacial score (nSPS) is 12.9. The minimum Gasteiger partial charge on any atom is -0.349 e. The summed E-state index contributed by atoms with van der Waals surface area (Å²) in [5.74, 6) is 1.03. The minimum absolute atomic E-state index is 0.327. The van der Waals surface area contributed by atoms with Crippen LogP contribution in [-0.2, 0) is 6.42 Å². The molecule has 1 aromatic carbocycles. The molecule has 2 N–H and O–H groups in total. The second kappa shape index (κ2) is 5.55. The van der Waals surface area contributed by atoms with Gasteiger partial charge in [-0.25, -0.2) is 4.98 Å². The number of thiophene rings is 1. The van der Waals surface area contributed by atoms with Gasteiger partial charge in [0.15, 0.2) is 0 Å². The number of benzene rings is 1. The third kappa shape index (κ3) is 2.69. The van der Waals surface area contributed by atoms with E-state index in [0.29, 0.717) is 6.04 Å². The highest BCUT2D eigenvalue weighted by atomic mass is 32.1. The Balaban J connectivity index is 1.90. The molecule has 0 saturated heterocycles. The van der Waals surface area contributed by atoms with Crippen molar-refractivity contribution in [1.82, 2.24) is 15.3 Å².